The maximum absolute atomic E-state index is 12.4. The summed E-state index contributed by atoms with van der Waals surface area (Å²) in [6.07, 6.45) is 7.36. The van der Waals surface area contributed by atoms with Crippen LogP contribution in [0.1, 0.15) is 56.9 Å². The number of nitrogens with one attached hydrogen (secondary N) is 2. The molecule has 0 aromatic carbocycles. The predicted octanol–water partition coefficient (Wildman–Crippen LogP) is 1.62. The van der Waals surface area contributed by atoms with Crippen LogP contribution in [0.2, 0.25) is 0 Å². The molecular weight excluding hydrogens is 332 g/mol. The maximum atomic E-state index is 12.4. The third-order valence-electron chi connectivity index (χ3n) is 5.47. The van der Waals surface area contributed by atoms with Crippen molar-refractivity contribution in [1.29, 1.82) is 0 Å². The van der Waals surface area contributed by atoms with Crippen LogP contribution in [0.3, 0.4) is 0 Å². The Kier molecular flexibility index (Phi) is 6.66. The molecule has 0 radical (unpaired) electrons. The van der Waals surface area contributed by atoms with Gasteiger partial charge in [0.25, 0.3) is 0 Å². The number of piperazine rings is 1. The van der Waals surface area contributed by atoms with Crippen molar-refractivity contribution in [2.24, 2.45) is 5.92 Å². The number of nitrogens with zero attached hydrogens (tertiary/aromatic N) is 2. The minimum Gasteiger partial charge on any atom is -0.359 e. The van der Waals surface area contributed by atoms with Crippen LogP contribution in [0.15, 0.2) is 10.6 Å². The van der Waals surface area contributed by atoms with E-state index in [1.807, 2.05) is 13.0 Å². The molecule has 1 aromatic rings. The highest BCUT2D eigenvalue weighted by Crippen LogP contribution is 2.25. The van der Waals surface area contributed by atoms with E-state index in [-0.39, 0.29) is 24.3 Å². The summed E-state index contributed by atoms with van der Waals surface area (Å²) in [6.45, 7) is 4.72. The van der Waals surface area contributed by atoms with Crippen molar-refractivity contribution in [3.05, 3.63) is 17.5 Å². The van der Waals surface area contributed by atoms with Gasteiger partial charge in [0, 0.05) is 25.7 Å². The van der Waals surface area contributed by atoms with Gasteiger partial charge in [-0.25, -0.2) is 0 Å². The van der Waals surface area contributed by atoms with Crippen LogP contribution in [0.5, 0.6) is 0 Å². The van der Waals surface area contributed by atoms with Gasteiger partial charge in [-0.15, -0.1) is 0 Å². The first kappa shape index (κ1) is 18.9. The third-order valence-corrected chi connectivity index (χ3v) is 5.47. The average molecular weight is 362 g/mol. The van der Waals surface area contributed by atoms with E-state index < -0.39 is 0 Å². The second-order valence-corrected chi connectivity index (χ2v) is 7.42. The number of hydrogen-bond acceptors (Lipinski definition) is 5. The van der Waals surface area contributed by atoms with Crippen molar-refractivity contribution in [3.8, 4) is 0 Å². The minimum absolute atomic E-state index is 0.0323. The third kappa shape index (κ3) is 5.06. The lowest BCUT2D eigenvalue weighted by atomic mass is 9.88. The van der Waals surface area contributed by atoms with Crippen LogP contribution in [0, 0.1) is 5.92 Å². The molecule has 1 aliphatic carbocycles. The Morgan fingerprint density at radius 1 is 1.38 bits per heavy atom. The zero-order valence-electron chi connectivity index (χ0n) is 15.6. The van der Waals surface area contributed by atoms with Gasteiger partial charge in [-0.2, -0.15) is 0 Å². The zero-order chi connectivity index (χ0) is 18.4. The van der Waals surface area contributed by atoms with Crippen LogP contribution < -0.4 is 10.6 Å². The van der Waals surface area contributed by atoms with Gasteiger partial charge >= 0.3 is 0 Å². The minimum atomic E-state index is -0.369. The average Bonchev–Trinajstić information content (AvgIpc) is 3.12. The Balaban J connectivity index is 1.51. The summed E-state index contributed by atoms with van der Waals surface area (Å²) in [5.41, 5.74) is 0.875. The first-order valence-electron chi connectivity index (χ1n) is 9.88. The summed E-state index contributed by atoms with van der Waals surface area (Å²) >= 11 is 0. The monoisotopic (exact) mass is 362 g/mol. The maximum Gasteiger partial charge on any atom is 0.237 e. The topological polar surface area (TPSA) is 87.5 Å². The summed E-state index contributed by atoms with van der Waals surface area (Å²) in [4.78, 5) is 26.9. The smallest absolute Gasteiger partial charge is 0.237 e. The van der Waals surface area contributed by atoms with Gasteiger partial charge in [0.15, 0.2) is 5.76 Å². The number of carbonyl (C=O) groups is 2. The fraction of sp³-hybridized carbons (Fsp3) is 0.737. The SMILES string of the molecule is CCc1cc(CNC(=O)C[C@@H]2C(=O)NCCN2CC2CCCCC2)on1. The molecule has 2 N–H and O–H groups in total. The van der Waals surface area contributed by atoms with Crippen LogP contribution in [-0.2, 0) is 22.6 Å². The number of aromatic nitrogens is 1. The molecule has 7 nitrogen and oxygen atoms in total. The molecule has 7 heteroatoms. The van der Waals surface area contributed by atoms with E-state index in [1.165, 1.54) is 32.1 Å². The van der Waals surface area contributed by atoms with Crippen molar-refractivity contribution in [2.45, 2.75) is 64.5 Å². The molecule has 2 heterocycles. The lowest BCUT2D eigenvalue weighted by Gasteiger charge is -2.37. The van der Waals surface area contributed by atoms with Crippen LogP contribution >= 0.6 is 0 Å². The van der Waals surface area contributed by atoms with E-state index in [4.69, 9.17) is 4.52 Å². The fourth-order valence-electron chi connectivity index (χ4n) is 3.94. The lowest BCUT2D eigenvalue weighted by Crippen LogP contribution is -2.57. The normalized spacial score (nSPS) is 22.2. The molecule has 0 unspecified atom stereocenters. The number of carbonyl (C=O) groups excluding carboxylic acids is 2. The lowest BCUT2D eigenvalue weighted by molar-refractivity contribution is -0.134. The summed E-state index contributed by atoms with van der Waals surface area (Å²) in [5.74, 6) is 1.13. The van der Waals surface area contributed by atoms with Crippen molar-refractivity contribution >= 4 is 11.8 Å². The summed E-state index contributed by atoms with van der Waals surface area (Å²) in [5, 5.41) is 9.67. The Labute approximate surface area is 154 Å². The second-order valence-electron chi connectivity index (χ2n) is 7.42. The fourth-order valence-corrected chi connectivity index (χ4v) is 3.94. The van der Waals surface area contributed by atoms with Crippen molar-refractivity contribution < 1.29 is 14.1 Å². The molecule has 0 bridgehead atoms. The van der Waals surface area contributed by atoms with Crippen LogP contribution in [-0.4, -0.2) is 47.5 Å². The van der Waals surface area contributed by atoms with E-state index in [1.54, 1.807) is 0 Å². The summed E-state index contributed by atoms with van der Waals surface area (Å²) < 4.78 is 5.18. The van der Waals surface area contributed by atoms with Crippen molar-refractivity contribution in [2.75, 3.05) is 19.6 Å². The number of hydrogen-bond donors (Lipinski definition) is 2. The molecule has 1 saturated heterocycles. The van der Waals surface area contributed by atoms with Gasteiger partial charge in [0.1, 0.15) is 0 Å². The molecule has 2 fully saturated rings. The Hall–Kier alpha value is -1.89. The first-order valence-corrected chi connectivity index (χ1v) is 9.88. The van der Waals surface area contributed by atoms with E-state index in [9.17, 15) is 9.59 Å². The first-order chi connectivity index (χ1) is 12.7. The van der Waals surface area contributed by atoms with Gasteiger partial charge in [-0.3, -0.25) is 14.5 Å². The van der Waals surface area contributed by atoms with Crippen molar-refractivity contribution in [3.63, 3.8) is 0 Å². The highest BCUT2D eigenvalue weighted by atomic mass is 16.5. The highest BCUT2D eigenvalue weighted by Gasteiger charge is 2.33. The number of aryl methyl sites for hydroxylation is 1. The van der Waals surface area contributed by atoms with E-state index >= 15 is 0 Å². The number of rotatable bonds is 7. The molecule has 0 spiro atoms. The molecule has 1 aliphatic heterocycles. The van der Waals surface area contributed by atoms with Gasteiger partial charge in [0.05, 0.1) is 24.7 Å². The zero-order valence-corrected chi connectivity index (χ0v) is 15.6. The summed E-state index contributed by atoms with van der Waals surface area (Å²) in [6, 6.07) is 1.48. The predicted molar refractivity (Wildman–Crippen MR) is 97.3 cm³/mol. The standard InChI is InChI=1S/C19H30N4O3/c1-2-15-10-16(26-22-15)12-21-18(24)11-17-19(25)20-8-9-23(17)13-14-6-4-3-5-7-14/h10,14,17H,2-9,11-13H2,1H3,(H,20,25)(H,21,24)/t17-/m1/s1. The second kappa shape index (κ2) is 9.16. The van der Waals surface area contributed by atoms with Crippen LogP contribution in [0.25, 0.3) is 0 Å². The molecule has 2 aliphatic rings. The van der Waals surface area contributed by atoms with Gasteiger partial charge < -0.3 is 15.2 Å². The van der Waals surface area contributed by atoms with Crippen molar-refractivity contribution in [1.82, 2.24) is 20.7 Å². The molecule has 3 rings (SSSR count). The Morgan fingerprint density at radius 2 is 2.19 bits per heavy atom. The molecule has 1 aromatic heterocycles. The Morgan fingerprint density at radius 3 is 2.92 bits per heavy atom. The molecule has 26 heavy (non-hydrogen) atoms. The van der Waals surface area contributed by atoms with Crippen LogP contribution in [0.4, 0.5) is 0 Å². The quantitative estimate of drug-likeness (QED) is 0.770. The van der Waals surface area contributed by atoms with Gasteiger partial charge in [-0.05, 0) is 25.2 Å². The van der Waals surface area contributed by atoms with E-state index in [2.05, 4.69) is 20.7 Å². The summed E-state index contributed by atoms with van der Waals surface area (Å²) in [7, 11) is 0. The highest BCUT2D eigenvalue weighted by molar-refractivity contribution is 5.88. The van der Waals surface area contributed by atoms with E-state index in [0.29, 0.717) is 24.8 Å². The molecule has 1 saturated carbocycles. The molecular formula is C19H30N4O3. The molecule has 1 atom stereocenters. The van der Waals surface area contributed by atoms with E-state index in [0.717, 1.165) is 25.2 Å². The molecule has 144 valence electrons. The molecule has 2 amide bonds. The number of amides is 2. The van der Waals surface area contributed by atoms with Gasteiger partial charge in [-0.1, -0.05) is 31.3 Å². The Bertz CT molecular complexity index is 610. The largest absolute Gasteiger partial charge is 0.359 e. The van der Waals surface area contributed by atoms with Gasteiger partial charge in [0.2, 0.25) is 11.8 Å².